The van der Waals surface area contributed by atoms with Gasteiger partial charge in [0.15, 0.2) is 0 Å². The minimum atomic E-state index is -0.506. The van der Waals surface area contributed by atoms with Crippen LogP contribution in [0.5, 0.6) is 0 Å². The summed E-state index contributed by atoms with van der Waals surface area (Å²) in [6, 6.07) is 9.55. The van der Waals surface area contributed by atoms with Crippen molar-refractivity contribution in [2.75, 3.05) is 6.54 Å². The third kappa shape index (κ3) is 2.78. The summed E-state index contributed by atoms with van der Waals surface area (Å²) < 4.78 is 0. The quantitative estimate of drug-likeness (QED) is 0.863. The van der Waals surface area contributed by atoms with Crippen LogP contribution in [0.15, 0.2) is 30.3 Å². The van der Waals surface area contributed by atoms with Crippen LogP contribution in [0.4, 0.5) is 0 Å². The fraction of sp³-hybridized carbons (Fsp3) is 0.467. The smallest absolute Gasteiger partial charge is 0.237 e. The van der Waals surface area contributed by atoms with Crippen LogP contribution in [0, 0.1) is 0 Å². The Labute approximate surface area is 119 Å². The monoisotopic (exact) mass is 276 g/mol. The van der Waals surface area contributed by atoms with E-state index in [9.17, 15) is 4.79 Å². The molecular weight excluding hydrogens is 256 g/mol. The Balaban J connectivity index is 2.31. The van der Waals surface area contributed by atoms with Crippen molar-refractivity contribution in [2.24, 2.45) is 5.73 Å². The number of benzene rings is 1. The molecule has 1 aromatic rings. The number of carbonyl (C=O) groups excluding carboxylic acids is 1. The van der Waals surface area contributed by atoms with Crippen LogP contribution >= 0.6 is 12.2 Å². The van der Waals surface area contributed by atoms with Crippen molar-refractivity contribution in [3.05, 3.63) is 35.9 Å². The maximum Gasteiger partial charge on any atom is 0.237 e. The molecule has 102 valence electrons. The van der Waals surface area contributed by atoms with E-state index in [4.69, 9.17) is 18.0 Å². The molecule has 1 unspecified atom stereocenters. The molecule has 1 fully saturated rings. The van der Waals surface area contributed by atoms with Gasteiger partial charge in [0.25, 0.3) is 0 Å². The van der Waals surface area contributed by atoms with Gasteiger partial charge in [-0.15, -0.1) is 0 Å². The highest BCUT2D eigenvalue weighted by Gasteiger charge is 2.39. The molecule has 1 aliphatic rings. The van der Waals surface area contributed by atoms with Crippen molar-refractivity contribution in [1.29, 1.82) is 0 Å². The van der Waals surface area contributed by atoms with Gasteiger partial charge in [0.05, 0.1) is 4.99 Å². The number of carbonyl (C=O) groups is 1. The lowest BCUT2D eigenvalue weighted by atomic mass is 9.95. The molecule has 2 rings (SSSR count). The summed E-state index contributed by atoms with van der Waals surface area (Å²) >= 11 is 5.12. The zero-order valence-electron chi connectivity index (χ0n) is 11.4. The molecule has 0 bridgehead atoms. The maximum atomic E-state index is 12.8. The fourth-order valence-corrected chi connectivity index (χ4v) is 2.98. The second-order valence-corrected chi connectivity index (χ2v) is 6.12. The van der Waals surface area contributed by atoms with Crippen molar-refractivity contribution in [1.82, 2.24) is 4.90 Å². The SMILES string of the molecule is CC1(C)CCCN1C(=O)C(C(N)=S)c1ccccc1. The van der Waals surface area contributed by atoms with Crippen LogP contribution in [0.2, 0.25) is 0 Å². The lowest BCUT2D eigenvalue weighted by molar-refractivity contribution is -0.134. The number of thiocarbonyl (C=S) groups is 1. The Morgan fingerprint density at radius 2 is 2.00 bits per heavy atom. The summed E-state index contributed by atoms with van der Waals surface area (Å²) in [4.78, 5) is 14.9. The molecule has 0 aliphatic carbocycles. The van der Waals surface area contributed by atoms with Crippen molar-refractivity contribution in [3.63, 3.8) is 0 Å². The third-order valence-electron chi connectivity index (χ3n) is 3.83. The van der Waals surface area contributed by atoms with Crippen LogP contribution in [0.1, 0.15) is 38.2 Å². The summed E-state index contributed by atoms with van der Waals surface area (Å²) in [6.07, 6.45) is 2.06. The molecule has 0 aromatic heterocycles. The normalized spacial score (nSPS) is 19.2. The lowest BCUT2D eigenvalue weighted by Gasteiger charge is -2.34. The van der Waals surface area contributed by atoms with E-state index in [-0.39, 0.29) is 16.4 Å². The molecule has 1 aromatic carbocycles. The molecule has 4 heteroatoms. The van der Waals surface area contributed by atoms with E-state index in [0.717, 1.165) is 24.9 Å². The molecule has 1 saturated heterocycles. The minimum Gasteiger partial charge on any atom is -0.392 e. The largest absolute Gasteiger partial charge is 0.392 e. The van der Waals surface area contributed by atoms with Gasteiger partial charge in [0, 0.05) is 12.1 Å². The number of amides is 1. The fourth-order valence-electron chi connectivity index (χ4n) is 2.75. The molecule has 3 nitrogen and oxygen atoms in total. The van der Waals surface area contributed by atoms with Gasteiger partial charge < -0.3 is 10.6 Å². The van der Waals surface area contributed by atoms with E-state index in [2.05, 4.69) is 13.8 Å². The van der Waals surface area contributed by atoms with Gasteiger partial charge in [0.2, 0.25) is 5.91 Å². The molecule has 2 N–H and O–H groups in total. The zero-order chi connectivity index (χ0) is 14.0. The van der Waals surface area contributed by atoms with Crippen LogP contribution in [0.3, 0.4) is 0 Å². The molecule has 1 atom stereocenters. The van der Waals surface area contributed by atoms with E-state index in [1.165, 1.54) is 0 Å². The Morgan fingerprint density at radius 3 is 2.47 bits per heavy atom. The van der Waals surface area contributed by atoms with Crippen LogP contribution in [-0.4, -0.2) is 27.9 Å². The molecule has 1 aliphatic heterocycles. The van der Waals surface area contributed by atoms with Gasteiger partial charge in [-0.3, -0.25) is 4.79 Å². The summed E-state index contributed by atoms with van der Waals surface area (Å²) in [6.45, 7) is 4.98. The van der Waals surface area contributed by atoms with Gasteiger partial charge in [-0.1, -0.05) is 42.5 Å². The summed E-state index contributed by atoms with van der Waals surface area (Å²) in [5.41, 5.74) is 6.58. The number of hydrogen-bond acceptors (Lipinski definition) is 2. The highest BCUT2D eigenvalue weighted by Crippen LogP contribution is 2.32. The van der Waals surface area contributed by atoms with Crippen molar-refractivity contribution in [3.8, 4) is 0 Å². The minimum absolute atomic E-state index is 0.0289. The van der Waals surface area contributed by atoms with E-state index < -0.39 is 5.92 Å². The van der Waals surface area contributed by atoms with Crippen molar-refractivity contribution >= 4 is 23.1 Å². The number of nitrogens with zero attached hydrogens (tertiary/aromatic N) is 1. The first-order valence-electron chi connectivity index (χ1n) is 6.59. The highest BCUT2D eigenvalue weighted by atomic mass is 32.1. The van der Waals surface area contributed by atoms with Crippen LogP contribution < -0.4 is 5.73 Å². The summed E-state index contributed by atoms with van der Waals surface area (Å²) in [7, 11) is 0. The highest BCUT2D eigenvalue weighted by molar-refractivity contribution is 7.80. The molecule has 1 amide bonds. The third-order valence-corrected chi connectivity index (χ3v) is 4.07. The average Bonchev–Trinajstić information content (AvgIpc) is 2.70. The van der Waals surface area contributed by atoms with Gasteiger partial charge >= 0.3 is 0 Å². The Hall–Kier alpha value is -1.42. The first kappa shape index (κ1) is 14.0. The van der Waals surface area contributed by atoms with Gasteiger partial charge in [-0.05, 0) is 32.3 Å². The van der Waals surface area contributed by atoms with E-state index in [1.807, 2.05) is 35.2 Å². The molecule has 19 heavy (non-hydrogen) atoms. The van der Waals surface area contributed by atoms with E-state index in [1.54, 1.807) is 0 Å². The predicted octanol–water partition coefficient (Wildman–Crippen LogP) is 2.46. The van der Waals surface area contributed by atoms with Gasteiger partial charge in [0.1, 0.15) is 5.92 Å². The first-order chi connectivity index (χ1) is 8.93. The zero-order valence-corrected chi connectivity index (χ0v) is 12.2. The summed E-state index contributed by atoms with van der Waals surface area (Å²) in [5, 5.41) is 0. The second kappa shape index (κ2) is 5.29. The molecule has 0 saturated carbocycles. The van der Waals surface area contributed by atoms with Gasteiger partial charge in [-0.25, -0.2) is 0 Å². The Kier molecular flexibility index (Phi) is 3.90. The topological polar surface area (TPSA) is 46.3 Å². The first-order valence-corrected chi connectivity index (χ1v) is 7.00. The van der Waals surface area contributed by atoms with Crippen molar-refractivity contribution < 1.29 is 4.79 Å². The predicted molar refractivity (Wildman–Crippen MR) is 81.0 cm³/mol. The molecule has 1 heterocycles. The van der Waals surface area contributed by atoms with Crippen LogP contribution in [-0.2, 0) is 4.79 Å². The second-order valence-electron chi connectivity index (χ2n) is 5.65. The van der Waals surface area contributed by atoms with Crippen molar-refractivity contribution in [2.45, 2.75) is 38.1 Å². The Bertz CT molecular complexity index is 484. The Morgan fingerprint density at radius 1 is 1.37 bits per heavy atom. The number of rotatable bonds is 3. The number of hydrogen-bond donors (Lipinski definition) is 1. The number of likely N-dealkylation sites (tertiary alicyclic amines) is 1. The molecular formula is C15H20N2OS. The van der Waals surface area contributed by atoms with Gasteiger partial charge in [-0.2, -0.15) is 0 Å². The standard InChI is InChI=1S/C15H20N2OS/c1-15(2)9-6-10-17(15)14(18)12(13(16)19)11-7-4-3-5-8-11/h3-5,7-8,12H,6,9-10H2,1-2H3,(H2,16,19). The molecule has 0 spiro atoms. The molecule has 0 radical (unpaired) electrons. The average molecular weight is 276 g/mol. The van der Waals surface area contributed by atoms with E-state index in [0.29, 0.717) is 0 Å². The lowest BCUT2D eigenvalue weighted by Crippen LogP contribution is -2.47. The maximum absolute atomic E-state index is 12.8. The van der Waals surface area contributed by atoms with Crippen LogP contribution in [0.25, 0.3) is 0 Å². The summed E-state index contributed by atoms with van der Waals surface area (Å²) in [5.74, 6) is -0.477. The van der Waals surface area contributed by atoms with E-state index >= 15 is 0 Å². The number of nitrogens with two attached hydrogens (primary N) is 1.